The number of rotatable bonds is 9. The van der Waals surface area contributed by atoms with Gasteiger partial charge in [-0.2, -0.15) is 0 Å². The van der Waals surface area contributed by atoms with Crippen molar-refractivity contribution in [3.8, 4) is 5.75 Å². The first-order valence-corrected chi connectivity index (χ1v) is 24.8. The van der Waals surface area contributed by atoms with Gasteiger partial charge in [0.2, 0.25) is 5.60 Å². The first-order valence-electron chi connectivity index (χ1n) is 24.8. The Morgan fingerprint density at radius 1 is 0.915 bits per heavy atom. The molecule has 1 spiro atoms. The number of aromatic amines is 1. The molecule has 71 heavy (non-hydrogen) atoms. The fourth-order valence-corrected chi connectivity index (χ4v) is 14.8. The van der Waals surface area contributed by atoms with Crippen LogP contribution in [0.4, 0.5) is 5.69 Å². The Bertz CT molecular complexity index is 3030. The van der Waals surface area contributed by atoms with E-state index in [-0.39, 0.29) is 43.2 Å². The van der Waals surface area contributed by atoms with Gasteiger partial charge in [-0.1, -0.05) is 86.2 Å². The number of benzene rings is 3. The van der Waals surface area contributed by atoms with Crippen LogP contribution in [0.5, 0.6) is 5.75 Å². The average Bonchev–Trinajstić information content (AvgIpc) is 4.09. The molecular formula is C56H61N5O10. The second kappa shape index (κ2) is 16.7. The summed E-state index contributed by atoms with van der Waals surface area (Å²) in [5.74, 6) is -2.82. The van der Waals surface area contributed by atoms with Crippen molar-refractivity contribution in [2.75, 3.05) is 59.5 Å². The zero-order valence-electron chi connectivity index (χ0n) is 41.4. The van der Waals surface area contributed by atoms with E-state index in [2.05, 4.69) is 29.0 Å². The minimum absolute atomic E-state index is 0.0315. The molecule has 7 aliphatic rings. The van der Waals surface area contributed by atoms with Crippen molar-refractivity contribution < 1.29 is 48.0 Å². The van der Waals surface area contributed by atoms with Crippen molar-refractivity contribution in [1.29, 1.82) is 0 Å². The second-order valence-electron chi connectivity index (χ2n) is 20.6. The van der Waals surface area contributed by atoms with Crippen LogP contribution >= 0.6 is 0 Å². The first kappa shape index (κ1) is 46.7. The zero-order valence-corrected chi connectivity index (χ0v) is 41.4. The van der Waals surface area contributed by atoms with Gasteiger partial charge in [0.25, 0.3) is 11.8 Å². The highest BCUT2D eigenvalue weighted by molar-refractivity contribution is 6.19. The average molecular weight is 964 g/mol. The molecule has 2 fully saturated rings. The van der Waals surface area contributed by atoms with Crippen molar-refractivity contribution in [2.24, 2.45) is 11.3 Å². The fourth-order valence-electron chi connectivity index (χ4n) is 14.8. The zero-order chi connectivity index (χ0) is 49.9. The number of ether oxygens (including phenoxy) is 4. The molecule has 2 bridgehead atoms. The standard InChI is InChI=1S/C56H61N5O10/c1-8-33-24-35-28-55(51(65)69-6,45-37(36-18-13-14-19-41(36)57-45)25-38-44(60(29-33)30-35)47(64)61(46(38)63)31-34-16-11-10-12-17-34)40-26-39-42(27-43(40)68-5)58(4)49-54(39)21-23-59-22-15-20-53(9-2,48(54)59)50(71-32(3)62)56(49,67)52(66)70-7/h10-20,24,26-27,35,48-50,57,67H,8-9,21-23,25,28-31H2,1-7H3/t35-,48+,49-,50-,53-,54-,55+,56+/m1/s1. The van der Waals surface area contributed by atoms with E-state index in [9.17, 15) is 19.5 Å². The smallest absolute Gasteiger partial charge is 0.344 e. The maximum atomic E-state index is 15.8. The molecule has 3 aromatic carbocycles. The minimum Gasteiger partial charge on any atom is -0.496 e. The van der Waals surface area contributed by atoms with Gasteiger partial charge in [0.15, 0.2) is 6.10 Å². The van der Waals surface area contributed by atoms with Crippen LogP contribution in [0.2, 0.25) is 0 Å². The monoisotopic (exact) mass is 963 g/mol. The third-order valence-electron chi connectivity index (χ3n) is 17.4. The van der Waals surface area contributed by atoms with Gasteiger partial charge in [-0.05, 0) is 67.0 Å². The molecule has 8 atom stereocenters. The van der Waals surface area contributed by atoms with E-state index in [0.29, 0.717) is 85.0 Å². The normalized spacial score (nSPS) is 30.6. The summed E-state index contributed by atoms with van der Waals surface area (Å²) in [5.41, 5.74) is 0.480. The van der Waals surface area contributed by atoms with Crippen LogP contribution in [0.25, 0.3) is 10.9 Å². The van der Waals surface area contributed by atoms with Crippen LogP contribution in [0.15, 0.2) is 102 Å². The number of likely N-dealkylation sites (N-methyl/N-ethyl adjacent to an activating group) is 1. The van der Waals surface area contributed by atoms with Gasteiger partial charge in [0.1, 0.15) is 16.9 Å². The van der Waals surface area contributed by atoms with Crippen molar-refractivity contribution in [1.82, 2.24) is 19.7 Å². The molecule has 1 aliphatic carbocycles. The van der Waals surface area contributed by atoms with Gasteiger partial charge in [-0.3, -0.25) is 29.0 Å². The molecule has 1 aromatic heterocycles. The highest BCUT2D eigenvalue weighted by Crippen LogP contribution is 2.68. The maximum Gasteiger partial charge on any atom is 0.344 e. The second-order valence-corrected chi connectivity index (χ2v) is 20.6. The highest BCUT2D eigenvalue weighted by atomic mass is 16.6. The number of carbonyl (C=O) groups is 5. The molecular weight excluding hydrogens is 903 g/mol. The van der Waals surface area contributed by atoms with Gasteiger partial charge in [-0.25, -0.2) is 4.79 Å². The number of methoxy groups -OCH3 is 3. The molecule has 15 nitrogen and oxygen atoms in total. The van der Waals surface area contributed by atoms with E-state index < -0.39 is 51.9 Å². The third-order valence-corrected chi connectivity index (χ3v) is 17.4. The minimum atomic E-state index is -2.37. The van der Waals surface area contributed by atoms with E-state index in [4.69, 9.17) is 18.9 Å². The van der Waals surface area contributed by atoms with Gasteiger partial charge >= 0.3 is 17.9 Å². The molecule has 6 aliphatic heterocycles. The van der Waals surface area contributed by atoms with Crippen LogP contribution in [0.1, 0.15) is 74.4 Å². The van der Waals surface area contributed by atoms with Gasteiger partial charge in [0.05, 0.1) is 39.5 Å². The number of aromatic nitrogens is 1. The summed E-state index contributed by atoms with van der Waals surface area (Å²) < 4.78 is 24.2. The lowest BCUT2D eigenvalue weighted by Crippen LogP contribution is -2.81. The number of para-hydroxylation sites is 1. The summed E-state index contributed by atoms with van der Waals surface area (Å²) >= 11 is 0. The maximum absolute atomic E-state index is 15.8. The third kappa shape index (κ3) is 6.23. The van der Waals surface area contributed by atoms with Gasteiger partial charge in [-0.15, -0.1) is 0 Å². The fraction of sp³-hybridized carbons (Fsp3) is 0.446. The number of anilines is 1. The van der Waals surface area contributed by atoms with Crippen molar-refractivity contribution >= 4 is 46.3 Å². The van der Waals surface area contributed by atoms with E-state index in [1.54, 1.807) is 7.11 Å². The van der Waals surface area contributed by atoms with Crippen LogP contribution < -0.4 is 9.64 Å². The molecule has 4 aromatic rings. The van der Waals surface area contributed by atoms with Crippen LogP contribution in [-0.4, -0.2) is 133 Å². The Morgan fingerprint density at radius 2 is 1.66 bits per heavy atom. The lowest BCUT2D eigenvalue weighted by molar-refractivity contribution is -0.228. The predicted octanol–water partition coefficient (Wildman–Crippen LogP) is 5.62. The summed E-state index contributed by atoms with van der Waals surface area (Å²) in [7, 11) is 6.03. The Balaban J connectivity index is 1.19. The summed E-state index contributed by atoms with van der Waals surface area (Å²) in [5, 5.41) is 14.3. The molecule has 370 valence electrons. The van der Waals surface area contributed by atoms with E-state index in [0.717, 1.165) is 27.6 Å². The highest BCUT2D eigenvalue weighted by Gasteiger charge is 2.80. The van der Waals surface area contributed by atoms with Gasteiger partial charge < -0.3 is 38.8 Å². The lowest BCUT2D eigenvalue weighted by atomic mass is 9.47. The summed E-state index contributed by atoms with van der Waals surface area (Å²) in [6, 6.07) is 19.8. The number of hydrogen-bond acceptors (Lipinski definition) is 13. The number of esters is 3. The summed E-state index contributed by atoms with van der Waals surface area (Å²) in [4.78, 5) is 84.9. The number of amides is 2. The van der Waals surface area contributed by atoms with E-state index in [1.165, 1.54) is 26.0 Å². The quantitative estimate of drug-likeness (QED) is 0.0919. The Kier molecular flexibility index (Phi) is 11.0. The largest absolute Gasteiger partial charge is 0.496 e. The topological polar surface area (TPSA) is 171 Å². The molecule has 1 saturated heterocycles. The van der Waals surface area contributed by atoms with Gasteiger partial charge in [0, 0.05) is 90.8 Å². The Hall–Kier alpha value is -6.71. The number of imide groups is 1. The number of nitrogens with one attached hydrogen (secondary N) is 1. The number of carbonyl (C=O) groups excluding carboxylic acids is 5. The Morgan fingerprint density at radius 3 is 2.37 bits per heavy atom. The summed E-state index contributed by atoms with van der Waals surface area (Å²) in [6.45, 7) is 7.45. The molecule has 15 heteroatoms. The molecule has 11 rings (SSSR count). The van der Waals surface area contributed by atoms with Crippen molar-refractivity contribution in [2.45, 2.75) is 94.0 Å². The SMILES string of the molecule is CCC1=C[C@H]2CN(C1)C1=C(Cc3c([nH]c4ccccc34)[C@@](C(=O)OC)(c3cc4c(cc3OC)N(C)[C@H]3[C@@](O)(C(=O)OC)[C@H](OC(C)=O)[C@]5(CC)C=CCN6CC[C@]43[C@@H]65)C2)C(=O)N(Cc2ccccc2)C1=O. The number of H-pyrrole nitrogens is 1. The van der Waals surface area contributed by atoms with Crippen molar-refractivity contribution in [3.63, 3.8) is 0 Å². The molecule has 2 amide bonds. The molecule has 2 N–H and O–H groups in total. The van der Waals surface area contributed by atoms with E-state index >= 15 is 9.59 Å². The Labute approximate surface area is 413 Å². The van der Waals surface area contributed by atoms with E-state index in [1.807, 2.05) is 96.6 Å². The number of aliphatic hydroxyl groups is 1. The molecule has 1 saturated carbocycles. The predicted molar refractivity (Wildman–Crippen MR) is 263 cm³/mol. The van der Waals surface area contributed by atoms with Crippen LogP contribution in [0, 0.1) is 11.3 Å². The van der Waals surface area contributed by atoms with Crippen LogP contribution in [-0.2, 0) is 62.0 Å². The molecule has 0 radical (unpaired) electrons. The first-order chi connectivity index (χ1) is 34.2. The molecule has 7 heterocycles. The number of nitrogens with zero attached hydrogens (tertiary/aromatic N) is 4. The van der Waals surface area contributed by atoms with Crippen molar-refractivity contribution in [3.05, 3.63) is 130 Å². The summed E-state index contributed by atoms with van der Waals surface area (Å²) in [6.07, 6.45) is 6.77. The number of fused-ring (bicyclic) bond motifs is 7. The number of hydrogen-bond donors (Lipinski definition) is 2. The lowest BCUT2D eigenvalue weighted by Gasteiger charge is -2.63. The van der Waals surface area contributed by atoms with Crippen LogP contribution in [0.3, 0.4) is 0 Å². The molecule has 0 unspecified atom stereocenters.